The van der Waals surface area contributed by atoms with Gasteiger partial charge in [-0.2, -0.15) is 0 Å². The number of para-hydroxylation sites is 1. The molecule has 1 aromatic rings. The van der Waals surface area contributed by atoms with Gasteiger partial charge in [-0.3, -0.25) is 4.99 Å². The zero-order valence-corrected chi connectivity index (χ0v) is 18.7. The van der Waals surface area contributed by atoms with Gasteiger partial charge in [-0.25, -0.2) is 4.79 Å². The number of nitrogens with zero attached hydrogens (tertiary/aromatic N) is 1. The molecule has 7 heteroatoms. The number of guanidine groups is 1. The van der Waals surface area contributed by atoms with Crippen LogP contribution < -0.4 is 20.7 Å². The number of ether oxygens (including phenoxy) is 2. The summed E-state index contributed by atoms with van der Waals surface area (Å²) in [5.41, 5.74) is 0.587. The Labute approximate surface area is 180 Å². The molecular weight excluding hydrogens is 380 g/mol. The number of carbonyl (C=O) groups is 1. The largest absolute Gasteiger partial charge is 0.489 e. The van der Waals surface area contributed by atoms with Crippen LogP contribution in [0.15, 0.2) is 41.9 Å². The fraction of sp³-hybridized carbons (Fsp3) is 0.565. The Morgan fingerprint density at radius 3 is 2.40 bits per heavy atom. The average Bonchev–Trinajstić information content (AvgIpc) is 2.70. The summed E-state index contributed by atoms with van der Waals surface area (Å²) in [4.78, 5) is 16.3. The number of nitrogens with one attached hydrogen (secondary N) is 3. The van der Waals surface area contributed by atoms with Crippen molar-refractivity contribution in [2.24, 2.45) is 4.99 Å². The van der Waals surface area contributed by atoms with Crippen LogP contribution in [0.4, 0.5) is 4.79 Å². The lowest BCUT2D eigenvalue weighted by molar-refractivity contribution is 0.0490. The maximum Gasteiger partial charge on any atom is 0.407 e. The first-order chi connectivity index (χ1) is 14.3. The van der Waals surface area contributed by atoms with Gasteiger partial charge in [-0.1, -0.05) is 30.9 Å². The number of hydrogen-bond donors (Lipinski definition) is 3. The minimum absolute atomic E-state index is 0.154. The third-order valence-electron chi connectivity index (χ3n) is 4.79. The molecule has 30 heavy (non-hydrogen) atoms. The molecule has 3 N–H and O–H groups in total. The lowest BCUT2D eigenvalue weighted by Crippen LogP contribution is -2.47. The third kappa shape index (κ3) is 8.35. The maximum atomic E-state index is 12.0. The summed E-state index contributed by atoms with van der Waals surface area (Å²) in [5.74, 6) is 1.60. The molecule has 0 saturated heterocycles. The normalized spacial score (nSPS) is 19.5. The molecule has 0 bridgehead atoms. The molecule has 1 fully saturated rings. The maximum absolute atomic E-state index is 12.0. The monoisotopic (exact) mass is 416 g/mol. The van der Waals surface area contributed by atoms with Crippen LogP contribution in [0.5, 0.6) is 5.75 Å². The van der Waals surface area contributed by atoms with Gasteiger partial charge in [0.2, 0.25) is 0 Å². The molecule has 0 spiro atoms. The van der Waals surface area contributed by atoms with Crippen LogP contribution in [-0.4, -0.2) is 43.4 Å². The topological polar surface area (TPSA) is 84.0 Å². The van der Waals surface area contributed by atoms with Crippen molar-refractivity contribution in [2.75, 3.05) is 13.7 Å². The van der Waals surface area contributed by atoms with Crippen molar-refractivity contribution in [3.8, 4) is 5.75 Å². The zero-order valence-electron chi connectivity index (χ0n) is 18.7. The van der Waals surface area contributed by atoms with E-state index in [1.54, 1.807) is 13.1 Å². The fourth-order valence-corrected chi connectivity index (χ4v) is 3.36. The predicted molar refractivity (Wildman–Crippen MR) is 121 cm³/mol. The van der Waals surface area contributed by atoms with Gasteiger partial charge < -0.3 is 25.4 Å². The molecule has 0 atom stereocenters. The van der Waals surface area contributed by atoms with Gasteiger partial charge >= 0.3 is 6.09 Å². The third-order valence-corrected chi connectivity index (χ3v) is 4.79. The number of benzene rings is 1. The Morgan fingerprint density at radius 1 is 1.17 bits per heavy atom. The van der Waals surface area contributed by atoms with Crippen molar-refractivity contribution >= 4 is 12.1 Å². The summed E-state index contributed by atoms with van der Waals surface area (Å²) in [6.45, 7) is 10.4. The van der Waals surface area contributed by atoms with E-state index in [0.29, 0.717) is 19.2 Å². The highest BCUT2D eigenvalue weighted by atomic mass is 16.6. The van der Waals surface area contributed by atoms with Crippen molar-refractivity contribution < 1.29 is 14.3 Å². The van der Waals surface area contributed by atoms with Crippen molar-refractivity contribution in [3.05, 3.63) is 42.5 Å². The van der Waals surface area contributed by atoms with E-state index in [1.807, 2.05) is 45.0 Å². The molecule has 0 unspecified atom stereocenters. The smallest absolute Gasteiger partial charge is 0.407 e. The molecule has 0 aliphatic heterocycles. The molecule has 166 valence electrons. The van der Waals surface area contributed by atoms with Gasteiger partial charge in [0.1, 0.15) is 18.0 Å². The van der Waals surface area contributed by atoms with E-state index in [2.05, 4.69) is 27.5 Å². The molecule has 1 saturated carbocycles. The first kappa shape index (κ1) is 23.6. The molecule has 0 aromatic heterocycles. The van der Waals surface area contributed by atoms with E-state index >= 15 is 0 Å². The number of carbonyl (C=O) groups excluding carboxylic acids is 1. The molecule has 1 aliphatic rings. The minimum atomic E-state index is -0.476. The number of amides is 1. The van der Waals surface area contributed by atoms with E-state index in [1.165, 1.54) is 0 Å². The highest BCUT2D eigenvalue weighted by molar-refractivity contribution is 5.80. The van der Waals surface area contributed by atoms with Crippen molar-refractivity contribution in [2.45, 2.75) is 70.7 Å². The summed E-state index contributed by atoms with van der Waals surface area (Å²) in [7, 11) is 1.77. The highest BCUT2D eigenvalue weighted by Gasteiger charge is 2.25. The van der Waals surface area contributed by atoms with Gasteiger partial charge in [0.05, 0.1) is 0 Å². The number of aliphatic imine (C=N–C) groups is 1. The second-order valence-corrected chi connectivity index (χ2v) is 8.47. The van der Waals surface area contributed by atoms with Crippen LogP contribution in [-0.2, 0) is 11.3 Å². The van der Waals surface area contributed by atoms with Crippen LogP contribution in [0.1, 0.15) is 52.0 Å². The molecular formula is C23H36N4O3. The van der Waals surface area contributed by atoms with Gasteiger partial charge in [0, 0.05) is 31.2 Å². The number of hydrogen-bond acceptors (Lipinski definition) is 4. The summed E-state index contributed by atoms with van der Waals surface area (Å²) in [6, 6.07) is 8.41. The minimum Gasteiger partial charge on any atom is -0.489 e. The van der Waals surface area contributed by atoms with Crippen LogP contribution in [0.2, 0.25) is 0 Å². The highest BCUT2D eigenvalue weighted by Crippen LogP contribution is 2.20. The van der Waals surface area contributed by atoms with Crippen LogP contribution in [0.25, 0.3) is 0 Å². The van der Waals surface area contributed by atoms with Crippen LogP contribution in [0, 0.1) is 0 Å². The fourth-order valence-electron chi connectivity index (χ4n) is 3.36. The molecule has 0 heterocycles. The molecule has 7 nitrogen and oxygen atoms in total. The first-order valence-corrected chi connectivity index (χ1v) is 10.6. The average molecular weight is 417 g/mol. The SMILES string of the molecule is C=CCOc1ccccc1CNC(=NC)NC1CCC(NC(=O)OC(C)(C)C)CC1. The van der Waals surface area contributed by atoms with E-state index in [-0.39, 0.29) is 12.1 Å². The van der Waals surface area contributed by atoms with Gasteiger partial charge in [0.15, 0.2) is 5.96 Å². The Hall–Kier alpha value is -2.70. The van der Waals surface area contributed by atoms with Crippen molar-refractivity contribution in [1.29, 1.82) is 0 Å². The van der Waals surface area contributed by atoms with Crippen molar-refractivity contribution in [3.63, 3.8) is 0 Å². The quantitative estimate of drug-likeness (QED) is 0.358. The zero-order chi connectivity index (χ0) is 22.0. The summed E-state index contributed by atoms with van der Waals surface area (Å²) >= 11 is 0. The van der Waals surface area contributed by atoms with Crippen LogP contribution >= 0.6 is 0 Å². The van der Waals surface area contributed by atoms with E-state index < -0.39 is 5.60 Å². The number of rotatable bonds is 7. The predicted octanol–water partition coefficient (Wildman–Crippen LogP) is 3.75. The Morgan fingerprint density at radius 2 is 1.80 bits per heavy atom. The van der Waals surface area contributed by atoms with Gasteiger partial charge in [0.25, 0.3) is 0 Å². The van der Waals surface area contributed by atoms with Gasteiger partial charge in [-0.05, 0) is 52.5 Å². The number of alkyl carbamates (subject to hydrolysis) is 1. The molecule has 2 rings (SSSR count). The summed E-state index contributed by atoms with van der Waals surface area (Å²) in [5, 5.41) is 9.83. The van der Waals surface area contributed by atoms with E-state index in [0.717, 1.165) is 43.0 Å². The van der Waals surface area contributed by atoms with Crippen LogP contribution in [0.3, 0.4) is 0 Å². The molecule has 1 amide bonds. The van der Waals surface area contributed by atoms with Crippen molar-refractivity contribution in [1.82, 2.24) is 16.0 Å². The molecule has 1 aromatic carbocycles. The Bertz CT molecular complexity index is 719. The van der Waals surface area contributed by atoms with E-state index in [9.17, 15) is 4.79 Å². The molecule has 0 radical (unpaired) electrons. The van der Waals surface area contributed by atoms with E-state index in [4.69, 9.17) is 9.47 Å². The lowest BCUT2D eigenvalue weighted by Gasteiger charge is -2.31. The summed E-state index contributed by atoms with van der Waals surface area (Å²) < 4.78 is 11.1. The standard InChI is InChI=1S/C23H36N4O3/c1-6-15-29-20-10-8-7-9-17(20)16-25-21(24-5)26-18-11-13-19(14-12-18)27-22(28)30-23(2,3)4/h6-10,18-19H,1,11-16H2,2-5H3,(H,27,28)(H2,24,25,26). The second-order valence-electron chi connectivity index (χ2n) is 8.47. The second kappa shape index (κ2) is 11.5. The lowest BCUT2D eigenvalue weighted by atomic mass is 9.91. The summed E-state index contributed by atoms with van der Waals surface area (Å²) in [6.07, 6.45) is 5.13. The molecule has 1 aliphatic carbocycles. The Kier molecular flexibility index (Phi) is 9.02. The first-order valence-electron chi connectivity index (χ1n) is 10.6. The Balaban J connectivity index is 1.77. The van der Waals surface area contributed by atoms with Gasteiger partial charge in [-0.15, -0.1) is 0 Å².